The van der Waals surface area contributed by atoms with E-state index in [1.807, 2.05) is 25.1 Å². The van der Waals surface area contributed by atoms with E-state index in [9.17, 15) is 4.79 Å². The topological polar surface area (TPSA) is 63.2 Å². The van der Waals surface area contributed by atoms with Crippen LogP contribution in [0.4, 0.5) is 0 Å². The zero-order valence-corrected chi connectivity index (χ0v) is 9.85. The third-order valence-electron chi connectivity index (χ3n) is 2.73. The van der Waals surface area contributed by atoms with Crippen molar-refractivity contribution in [2.75, 3.05) is 19.8 Å². The van der Waals surface area contributed by atoms with E-state index in [1.54, 1.807) is 6.20 Å². The van der Waals surface area contributed by atoms with Crippen molar-refractivity contribution in [1.29, 1.82) is 0 Å². The second-order valence-corrected chi connectivity index (χ2v) is 4.07. The first-order valence-corrected chi connectivity index (χ1v) is 5.80. The van der Waals surface area contributed by atoms with E-state index in [0.29, 0.717) is 13.2 Å². The molecule has 0 saturated carbocycles. The van der Waals surface area contributed by atoms with Crippen LogP contribution in [-0.2, 0) is 9.53 Å². The van der Waals surface area contributed by atoms with Crippen molar-refractivity contribution in [3.63, 3.8) is 0 Å². The maximum atomic E-state index is 11.9. The number of hydrogen-bond acceptors (Lipinski definition) is 4. The van der Waals surface area contributed by atoms with E-state index in [1.165, 1.54) is 0 Å². The number of carbonyl (C=O) groups is 1. The van der Waals surface area contributed by atoms with E-state index >= 15 is 0 Å². The molecule has 0 radical (unpaired) electrons. The van der Waals surface area contributed by atoms with Gasteiger partial charge in [0, 0.05) is 12.7 Å². The average molecular weight is 235 g/mol. The minimum absolute atomic E-state index is 0.0390. The van der Waals surface area contributed by atoms with Gasteiger partial charge in [-0.2, -0.15) is 0 Å². The molecule has 1 aromatic rings. The maximum Gasteiger partial charge on any atom is 0.240 e. The van der Waals surface area contributed by atoms with Crippen LogP contribution >= 0.6 is 0 Å². The van der Waals surface area contributed by atoms with Crippen LogP contribution in [0.5, 0.6) is 0 Å². The van der Waals surface area contributed by atoms with Crippen LogP contribution in [0.1, 0.15) is 18.7 Å². The Balaban J connectivity index is 1.89. The molecule has 5 heteroatoms. The molecule has 92 valence electrons. The lowest BCUT2D eigenvalue weighted by molar-refractivity contribution is -0.126. The molecule has 2 N–H and O–H groups in total. The van der Waals surface area contributed by atoms with Crippen molar-refractivity contribution >= 4 is 5.91 Å². The van der Waals surface area contributed by atoms with Crippen LogP contribution in [0.15, 0.2) is 24.4 Å². The van der Waals surface area contributed by atoms with Gasteiger partial charge in [-0.1, -0.05) is 6.07 Å². The highest BCUT2D eigenvalue weighted by atomic mass is 16.5. The van der Waals surface area contributed by atoms with Gasteiger partial charge in [0.15, 0.2) is 0 Å². The van der Waals surface area contributed by atoms with Crippen LogP contribution in [0.2, 0.25) is 0 Å². The van der Waals surface area contributed by atoms with Gasteiger partial charge in [0.05, 0.1) is 24.9 Å². The SMILES string of the molecule is CC(NC(=O)C1COCCN1)c1ccccn1. The van der Waals surface area contributed by atoms with Gasteiger partial charge in [-0.25, -0.2) is 0 Å². The van der Waals surface area contributed by atoms with E-state index in [4.69, 9.17) is 4.74 Å². The zero-order valence-electron chi connectivity index (χ0n) is 9.85. The Morgan fingerprint density at radius 1 is 1.65 bits per heavy atom. The first kappa shape index (κ1) is 12.0. The minimum atomic E-state index is -0.255. The van der Waals surface area contributed by atoms with E-state index in [-0.39, 0.29) is 18.0 Å². The standard InChI is InChI=1S/C12H17N3O2/c1-9(10-4-2-3-5-13-10)15-12(16)11-8-17-7-6-14-11/h2-5,9,11,14H,6-8H2,1H3,(H,15,16). The zero-order chi connectivity index (χ0) is 12.1. The first-order chi connectivity index (χ1) is 8.27. The lowest BCUT2D eigenvalue weighted by atomic mass is 10.2. The van der Waals surface area contributed by atoms with Gasteiger partial charge in [0.25, 0.3) is 0 Å². The highest BCUT2D eigenvalue weighted by Gasteiger charge is 2.22. The average Bonchev–Trinajstić information content (AvgIpc) is 2.40. The number of morpholine rings is 1. The first-order valence-electron chi connectivity index (χ1n) is 5.80. The molecule has 2 unspecified atom stereocenters. The summed E-state index contributed by atoms with van der Waals surface area (Å²) in [6.45, 7) is 3.74. The molecule has 0 aromatic carbocycles. The number of carbonyl (C=O) groups excluding carboxylic acids is 1. The molecule has 2 heterocycles. The normalized spacial score (nSPS) is 21.8. The van der Waals surface area contributed by atoms with Crippen LogP contribution < -0.4 is 10.6 Å². The predicted octanol–water partition coefficient (Wildman–Crippen LogP) is 0.247. The summed E-state index contributed by atoms with van der Waals surface area (Å²) in [5.74, 6) is -0.0390. The summed E-state index contributed by atoms with van der Waals surface area (Å²) in [7, 11) is 0. The fraction of sp³-hybridized carbons (Fsp3) is 0.500. The number of pyridine rings is 1. The highest BCUT2D eigenvalue weighted by molar-refractivity contribution is 5.82. The second kappa shape index (κ2) is 5.75. The van der Waals surface area contributed by atoms with Crippen LogP contribution in [0.3, 0.4) is 0 Å². The van der Waals surface area contributed by atoms with Crippen molar-refractivity contribution in [3.8, 4) is 0 Å². The summed E-state index contributed by atoms with van der Waals surface area (Å²) in [5.41, 5.74) is 0.859. The van der Waals surface area contributed by atoms with E-state index < -0.39 is 0 Å². The van der Waals surface area contributed by atoms with Gasteiger partial charge in [-0.3, -0.25) is 9.78 Å². The third-order valence-corrected chi connectivity index (χ3v) is 2.73. The van der Waals surface area contributed by atoms with Crippen LogP contribution in [-0.4, -0.2) is 36.7 Å². The van der Waals surface area contributed by atoms with E-state index in [2.05, 4.69) is 15.6 Å². The Bertz CT molecular complexity index is 363. The smallest absolute Gasteiger partial charge is 0.240 e. The number of hydrogen-bond donors (Lipinski definition) is 2. The lowest BCUT2D eigenvalue weighted by Gasteiger charge is -2.24. The molecule has 1 fully saturated rings. The second-order valence-electron chi connectivity index (χ2n) is 4.07. The molecular formula is C12H17N3O2. The summed E-state index contributed by atoms with van der Waals surface area (Å²) in [6.07, 6.45) is 1.72. The van der Waals surface area contributed by atoms with Crippen LogP contribution in [0.25, 0.3) is 0 Å². The van der Waals surface area contributed by atoms with Crippen molar-refractivity contribution in [2.45, 2.75) is 19.0 Å². The molecule has 0 aliphatic carbocycles. The number of ether oxygens (including phenoxy) is 1. The van der Waals surface area contributed by atoms with Crippen molar-refractivity contribution in [1.82, 2.24) is 15.6 Å². The molecule has 1 aliphatic heterocycles. The van der Waals surface area contributed by atoms with E-state index in [0.717, 1.165) is 12.2 Å². The number of nitrogens with zero attached hydrogens (tertiary/aromatic N) is 1. The molecular weight excluding hydrogens is 218 g/mol. The van der Waals surface area contributed by atoms with Gasteiger partial charge >= 0.3 is 0 Å². The number of nitrogens with one attached hydrogen (secondary N) is 2. The number of rotatable bonds is 3. The van der Waals surface area contributed by atoms with Gasteiger partial charge in [-0.05, 0) is 19.1 Å². The molecule has 17 heavy (non-hydrogen) atoms. The Morgan fingerprint density at radius 3 is 3.18 bits per heavy atom. The molecule has 1 aromatic heterocycles. The van der Waals surface area contributed by atoms with Gasteiger partial charge in [-0.15, -0.1) is 0 Å². The Morgan fingerprint density at radius 2 is 2.53 bits per heavy atom. The number of aromatic nitrogens is 1. The summed E-state index contributed by atoms with van der Waals surface area (Å²) in [6, 6.07) is 5.32. The molecule has 1 amide bonds. The minimum Gasteiger partial charge on any atom is -0.378 e. The molecule has 0 spiro atoms. The fourth-order valence-electron chi connectivity index (χ4n) is 1.75. The van der Waals surface area contributed by atoms with Crippen molar-refractivity contribution in [2.24, 2.45) is 0 Å². The quantitative estimate of drug-likeness (QED) is 0.788. The lowest BCUT2D eigenvalue weighted by Crippen LogP contribution is -2.51. The molecule has 0 bridgehead atoms. The largest absolute Gasteiger partial charge is 0.378 e. The van der Waals surface area contributed by atoms with Gasteiger partial charge in [0.2, 0.25) is 5.91 Å². The molecule has 5 nitrogen and oxygen atoms in total. The number of amides is 1. The summed E-state index contributed by atoms with van der Waals surface area (Å²) >= 11 is 0. The van der Waals surface area contributed by atoms with Crippen LogP contribution in [0, 0.1) is 0 Å². The van der Waals surface area contributed by atoms with Gasteiger partial charge < -0.3 is 15.4 Å². The summed E-state index contributed by atoms with van der Waals surface area (Å²) < 4.78 is 5.25. The third kappa shape index (κ3) is 3.25. The fourth-order valence-corrected chi connectivity index (χ4v) is 1.75. The predicted molar refractivity (Wildman–Crippen MR) is 63.4 cm³/mol. The molecule has 2 atom stereocenters. The monoisotopic (exact) mass is 235 g/mol. The summed E-state index contributed by atoms with van der Waals surface area (Å²) in [5, 5.41) is 6.04. The Hall–Kier alpha value is -1.46. The maximum absolute atomic E-state index is 11.9. The van der Waals surface area contributed by atoms with Crippen molar-refractivity contribution < 1.29 is 9.53 Å². The Kier molecular flexibility index (Phi) is 4.06. The van der Waals surface area contributed by atoms with Gasteiger partial charge in [0.1, 0.15) is 6.04 Å². The highest BCUT2D eigenvalue weighted by Crippen LogP contribution is 2.08. The van der Waals surface area contributed by atoms with Crippen molar-refractivity contribution in [3.05, 3.63) is 30.1 Å². The molecule has 1 saturated heterocycles. The Labute approximate surface area is 101 Å². The summed E-state index contributed by atoms with van der Waals surface area (Å²) in [4.78, 5) is 16.1. The molecule has 2 rings (SSSR count). The molecule has 1 aliphatic rings.